The number of anilines is 1. The van der Waals surface area contributed by atoms with Gasteiger partial charge in [-0.1, -0.05) is 29.3 Å². The average Bonchev–Trinajstić information content (AvgIpc) is 2.15. The summed E-state index contributed by atoms with van der Waals surface area (Å²) in [5, 5.41) is 3.07. The zero-order valence-corrected chi connectivity index (χ0v) is 11.3. The van der Waals surface area contributed by atoms with Gasteiger partial charge >= 0.3 is 6.18 Å². The van der Waals surface area contributed by atoms with Gasteiger partial charge in [-0.05, 0) is 31.5 Å². The van der Waals surface area contributed by atoms with Crippen LogP contribution < -0.4 is 5.32 Å². The van der Waals surface area contributed by atoms with Crippen LogP contribution in [0.25, 0.3) is 0 Å². The number of hydrogen-bond acceptors (Lipinski definition) is 1. The molecule has 1 aromatic rings. The van der Waals surface area contributed by atoms with E-state index in [1.807, 2.05) is 13.8 Å². The quantitative estimate of drug-likeness (QED) is 0.819. The first-order chi connectivity index (χ1) is 7.82. The lowest BCUT2D eigenvalue weighted by atomic mass is 10.1. The summed E-state index contributed by atoms with van der Waals surface area (Å²) in [5.41, 5.74) is -0.147. The molecule has 0 aliphatic rings. The summed E-state index contributed by atoms with van der Waals surface area (Å²) in [6.45, 7) is 4.00. The number of alkyl halides is 3. The molecule has 0 saturated carbocycles. The minimum atomic E-state index is -4.31. The molecule has 1 atom stereocenters. The summed E-state index contributed by atoms with van der Waals surface area (Å²) in [6, 6.07) is 4.03. The van der Waals surface area contributed by atoms with E-state index in [4.69, 9.17) is 0 Å². The third kappa shape index (κ3) is 4.58. The van der Waals surface area contributed by atoms with E-state index < -0.39 is 11.7 Å². The van der Waals surface area contributed by atoms with E-state index >= 15 is 0 Å². The van der Waals surface area contributed by atoms with Crippen molar-refractivity contribution in [3.05, 3.63) is 28.2 Å². The molecule has 1 rings (SSSR count). The molecule has 0 aromatic heterocycles. The van der Waals surface area contributed by atoms with Gasteiger partial charge in [-0.15, -0.1) is 0 Å². The van der Waals surface area contributed by atoms with Crippen molar-refractivity contribution >= 4 is 21.6 Å². The van der Waals surface area contributed by atoms with Crippen molar-refractivity contribution in [3.8, 4) is 0 Å². The minimum Gasteiger partial charge on any atom is -0.383 e. The molecule has 0 amide bonds. The smallest absolute Gasteiger partial charge is 0.383 e. The highest BCUT2D eigenvalue weighted by molar-refractivity contribution is 9.10. The summed E-state index contributed by atoms with van der Waals surface area (Å²) in [6.07, 6.45) is -2.39. The molecule has 1 aromatic carbocycles. The molecule has 1 nitrogen and oxygen atoms in total. The van der Waals surface area contributed by atoms with Crippen LogP contribution in [0.5, 0.6) is 0 Å². The van der Waals surface area contributed by atoms with Crippen LogP contribution in [-0.4, -0.2) is 6.04 Å². The number of hydrogen-bond donors (Lipinski definition) is 1. The van der Waals surface area contributed by atoms with Crippen molar-refractivity contribution < 1.29 is 13.2 Å². The van der Waals surface area contributed by atoms with Gasteiger partial charge in [-0.2, -0.15) is 13.2 Å². The highest BCUT2D eigenvalue weighted by atomic mass is 79.9. The van der Waals surface area contributed by atoms with Gasteiger partial charge < -0.3 is 5.32 Å². The van der Waals surface area contributed by atoms with Crippen molar-refractivity contribution in [2.75, 3.05) is 5.32 Å². The first-order valence-corrected chi connectivity index (χ1v) is 6.26. The highest BCUT2D eigenvalue weighted by Gasteiger charge is 2.31. The van der Waals surface area contributed by atoms with E-state index in [2.05, 4.69) is 21.2 Å². The number of nitrogens with one attached hydrogen (secondary N) is 1. The molecule has 0 aliphatic heterocycles. The summed E-state index contributed by atoms with van der Waals surface area (Å²) >= 11 is 3.09. The summed E-state index contributed by atoms with van der Waals surface area (Å²) in [7, 11) is 0. The SMILES string of the molecule is CCCC(C)Nc1cc(Br)cc(C(F)(F)F)c1. The van der Waals surface area contributed by atoms with Gasteiger partial charge in [0.05, 0.1) is 5.56 Å². The second-order valence-corrected chi connectivity index (χ2v) is 4.98. The Hall–Kier alpha value is -0.710. The Morgan fingerprint density at radius 2 is 1.94 bits per heavy atom. The molecule has 1 N–H and O–H groups in total. The molecule has 5 heteroatoms. The normalized spacial score (nSPS) is 13.5. The van der Waals surface area contributed by atoms with Gasteiger partial charge in [-0.3, -0.25) is 0 Å². The van der Waals surface area contributed by atoms with Gasteiger partial charge in [0.1, 0.15) is 0 Å². The molecule has 0 bridgehead atoms. The van der Waals surface area contributed by atoms with Crippen LogP contribution in [0.4, 0.5) is 18.9 Å². The molecular weight excluding hydrogens is 295 g/mol. The van der Waals surface area contributed by atoms with Crippen LogP contribution in [0.15, 0.2) is 22.7 Å². The fourth-order valence-electron chi connectivity index (χ4n) is 1.63. The second-order valence-electron chi connectivity index (χ2n) is 4.06. The topological polar surface area (TPSA) is 12.0 Å². The third-order valence-electron chi connectivity index (χ3n) is 2.36. The lowest BCUT2D eigenvalue weighted by Crippen LogP contribution is -2.15. The Kier molecular flexibility index (Phi) is 4.86. The Morgan fingerprint density at radius 3 is 2.47 bits per heavy atom. The highest BCUT2D eigenvalue weighted by Crippen LogP contribution is 2.33. The van der Waals surface area contributed by atoms with Crippen molar-refractivity contribution in [3.63, 3.8) is 0 Å². The van der Waals surface area contributed by atoms with Crippen LogP contribution >= 0.6 is 15.9 Å². The van der Waals surface area contributed by atoms with Crippen molar-refractivity contribution in [2.24, 2.45) is 0 Å². The zero-order chi connectivity index (χ0) is 13.1. The average molecular weight is 310 g/mol. The first-order valence-electron chi connectivity index (χ1n) is 5.47. The van der Waals surface area contributed by atoms with Crippen LogP contribution in [0.3, 0.4) is 0 Å². The maximum atomic E-state index is 12.6. The molecule has 0 fully saturated rings. The maximum Gasteiger partial charge on any atom is 0.416 e. The van der Waals surface area contributed by atoms with Crippen LogP contribution in [0.2, 0.25) is 0 Å². The Bertz CT molecular complexity index is 377. The minimum absolute atomic E-state index is 0.162. The lowest BCUT2D eigenvalue weighted by molar-refractivity contribution is -0.137. The molecule has 0 heterocycles. The molecule has 0 radical (unpaired) electrons. The standard InChI is InChI=1S/C12H15BrF3N/c1-3-4-8(2)17-11-6-9(12(14,15)16)5-10(13)7-11/h5-8,17H,3-4H2,1-2H3. The van der Waals surface area contributed by atoms with Gasteiger partial charge in [-0.25, -0.2) is 0 Å². The van der Waals surface area contributed by atoms with E-state index in [0.29, 0.717) is 10.2 Å². The second kappa shape index (κ2) is 5.76. The van der Waals surface area contributed by atoms with Gasteiger partial charge in [0.2, 0.25) is 0 Å². The largest absolute Gasteiger partial charge is 0.416 e. The molecule has 96 valence electrons. The Morgan fingerprint density at radius 1 is 1.29 bits per heavy atom. The lowest BCUT2D eigenvalue weighted by Gasteiger charge is -2.16. The van der Waals surface area contributed by atoms with Gasteiger partial charge in [0, 0.05) is 16.2 Å². The predicted molar refractivity (Wildman–Crippen MR) is 67.1 cm³/mol. The van der Waals surface area contributed by atoms with E-state index in [-0.39, 0.29) is 6.04 Å². The molecule has 1 unspecified atom stereocenters. The zero-order valence-electron chi connectivity index (χ0n) is 9.74. The van der Waals surface area contributed by atoms with E-state index in [1.54, 1.807) is 6.07 Å². The van der Waals surface area contributed by atoms with Crippen LogP contribution in [0.1, 0.15) is 32.3 Å². The van der Waals surface area contributed by atoms with E-state index in [9.17, 15) is 13.2 Å². The number of rotatable bonds is 4. The summed E-state index contributed by atoms with van der Waals surface area (Å²) in [5.74, 6) is 0. The van der Waals surface area contributed by atoms with E-state index in [0.717, 1.165) is 25.0 Å². The predicted octanol–water partition coefficient (Wildman–Crippen LogP) is 5.07. The van der Waals surface area contributed by atoms with Crippen LogP contribution in [-0.2, 0) is 6.18 Å². The maximum absolute atomic E-state index is 12.6. The molecule has 0 spiro atoms. The van der Waals surface area contributed by atoms with Crippen molar-refractivity contribution in [1.82, 2.24) is 0 Å². The molecule has 0 aliphatic carbocycles. The Balaban J connectivity index is 2.90. The Labute approximate surface area is 108 Å². The summed E-state index contributed by atoms with van der Waals surface area (Å²) in [4.78, 5) is 0. The van der Waals surface area contributed by atoms with Gasteiger partial charge in [0.15, 0.2) is 0 Å². The fraction of sp³-hybridized carbons (Fsp3) is 0.500. The number of benzene rings is 1. The fourth-order valence-corrected chi connectivity index (χ4v) is 2.12. The monoisotopic (exact) mass is 309 g/mol. The first kappa shape index (κ1) is 14.4. The summed E-state index contributed by atoms with van der Waals surface area (Å²) < 4.78 is 38.2. The molecular formula is C12H15BrF3N. The van der Waals surface area contributed by atoms with E-state index in [1.165, 1.54) is 0 Å². The molecule has 17 heavy (non-hydrogen) atoms. The number of halogens is 4. The van der Waals surface area contributed by atoms with Crippen molar-refractivity contribution in [2.45, 2.75) is 38.9 Å². The van der Waals surface area contributed by atoms with Crippen molar-refractivity contribution in [1.29, 1.82) is 0 Å². The molecule has 0 saturated heterocycles. The van der Waals surface area contributed by atoms with Gasteiger partial charge in [0.25, 0.3) is 0 Å². The van der Waals surface area contributed by atoms with Crippen LogP contribution in [0, 0.1) is 0 Å². The third-order valence-corrected chi connectivity index (χ3v) is 2.82.